The molecule has 5 atom stereocenters. The summed E-state index contributed by atoms with van der Waals surface area (Å²) in [5.41, 5.74) is 8.11. The van der Waals surface area contributed by atoms with Crippen LogP contribution in [0.1, 0.15) is 148 Å². The van der Waals surface area contributed by atoms with E-state index in [2.05, 4.69) is 28.9 Å². The fourth-order valence-corrected chi connectivity index (χ4v) is 6.69. The Labute approximate surface area is 326 Å². The van der Waals surface area contributed by atoms with Crippen molar-refractivity contribution in [3.05, 3.63) is 43.0 Å². The molecule has 0 amide bonds. The zero-order chi connectivity index (χ0) is 36.5. The van der Waals surface area contributed by atoms with Crippen molar-refractivity contribution in [2.45, 2.75) is 167 Å². The molecular formula is C35H63N5NaO9P. The fraction of sp³-hybridized carbons (Fsp3) is 0.886. The molecule has 2 rings (SSSR count). The molecule has 0 bridgehead atoms. The minimum Gasteiger partial charge on any atom is -0.756 e. The molecule has 1 fully saturated rings. The van der Waals surface area contributed by atoms with Crippen LogP contribution in [-0.4, -0.2) is 60.8 Å². The van der Waals surface area contributed by atoms with Crippen molar-refractivity contribution in [1.29, 1.82) is 0 Å². The first kappa shape index (κ1) is 48.0. The molecule has 1 saturated heterocycles. The van der Waals surface area contributed by atoms with Gasteiger partial charge in [-0.05, 0) is 25.3 Å². The average Bonchev–Trinajstić information content (AvgIpc) is 3.49. The van der Waals surface area contributed by atoms with E-state index in [0.29, 0.717) is 13.2 Å². The Bertz CT molecular complexity index is 1260. The number of aryl methyl sites for hydroxylation is 1. The van der Waals surface area contributed by atoms with Gasteiger partial charge in [0.25, 0.3) is 13.4 Å². The van der Waals surface area contributed by atoms with E-state index in [-0.39, 0.29) is 54.8 Å². The third-order valence-electron chi connectivity index (χ3n) is 8.97. The Hall–Kier alpha value is -1.02. The van der Waals surface area contributed by atoms with Gasteiger partial charge in [0.2, 0.25) is 0 Å². The topological polar surface area (TPSA) is 190 Å². The number of hydrogen-bond donors (Lipinski definition) is 1. The summed E-state index contributed by atoms with van der Waals surface area (Å²) in [7, 11) is -4.81. The second kappa shape index (κ2) is 29.4. The van der Waals surface area contributed by atoms with E-state index in [1.807, 2.05) is 0 Å². The minimum absolute atomic E-state index is 0. The number of nitrogens with one attached hydrogen (secondary N) is 1. The summed E-state index contributed by atoms with van der Waals surface area (Å²) in [5.74, 6) is 0. The van der Waals surface area contributed by atoms with Gasteiger partial charge in [0.15, 0.2) is 0 Å². The summed E-state index contributed by atoms with van der Waals surface area (Å²) < 4.78 is 42.0. The number of ether oxygens (including phenoxy) is 3. The van der Waals surface area contributed by atoms with Crippen LogP contribution in [0.2, 0.25) is 0 Å². The van der Waals surface area contributed by atoms with Crippen molar-refractivity contribution in [3.8, 4) is 0 Å². The van der Waals surface area contributed by atoms with Crippen LogP contribution in [-0.2, 0) is 27.8 Å². The number of aromatic amines is 1. The van der Waals surface area contributed by atoms with E-state index in [0.717, 1.165) is 32.1 Å². The van der Waals surface area contributed by atoms with E-state index in [4.69, 9.17) is 28.8 Å². The maximum Gasteiger partial charge on any atom is 1.00 e. The number of hydrogen-bond acceptors (Lipinski definition) is 10. The Kier molecular flexibility index (Phi) is 27.6. The number of nitrogens with zero attached hydrogens (tertiary/aromatic N) is 4. The molecule has 16 heteroatoms. The van der Waals surface area contributed by atoms with Gasteiger partial charge in [0, 0.05) is 36.3 Å². The molecule has 1 aliphatic rings. The molecule has 1 N–H and O–H groups in total. The Morgan fingerprint density at radius 1 is 0.922 bits per heavy atom. The Balaban J connectivity index is 0.0000130. The number of H-pyrrole nitrogens is 1. The second-order valence-electron chi connectivity index (χ2n) is 13.4. The number of unbranched alkanes of at least 4 members (excludes halogenated alkanes) is 16. The van der Waals surface area contributed by atoms with E-state index in [9.17, 15) is 19.0 Å². The van der Waals surface area contributed by atoms with Crippen molar-refractivity contribution < 1.29 is 62.3 Å². The molecule has 0 spiro atoms. The van der Waals surface area contributed by atoms with Crippen LogP contribution in [0.4, 0.5) is 0 Å². The van der Waals surface area contributed by atoms with Crippen LogP contribution in [0, 0.1) is 6.92 Å². The predicted octanol–water partition coefficient (Wildman–Crippen LogP) is 4.78. The number of rotatable bonds is 31. The monoisotopic (exact) mass is 751 g/mol. The van der Waals surface area contributed by atoms with Crippen LogP contribution < -0.4 is 45.7 Å². The smallest absolute Gasteiger partial charge is 0.756 e. The molecular weight excluding hydrogens is 688 g/mol. The number of azide groups is 1. The molecule has 1 aromatic heterocycles. The Morgan fingerprint density at radius 3 is 2.04 bits per heavy atom. The molecule has 2 heterocycles. The van der Waals surface area contributed by atoms with Gasteiger partial charge in [-0.25, -0.2) is 4.79 Å². The number of phosphoric ester groups is 1. The van der Waals surface area contributed by atoms with Crippen LogP contribution in [0.15, 0.2) is 20.9 Å². The molecule has 288 valence electrons. The van der Waals surface area contributed by atoms with Gasteiger partial charge < -0.3 is 28.2 Å². The molecule has 0 radical (unpaired) electrons. The molecule has 1 aromatic rings. The zero-order valence-electron chi connectivity index (χ0n) is 31.8. The van der Waals surface area contributed by atoms with Crippen LogP contribution in [0.3, 0.4) is 0 Å². The standard InChI is InChI=1S/C35H64N5O9P.Na/c1-4-6-8-10-12-14-16-18-20-22-45-26-30(46-23-21-19-17-15-13-11-9-7-5-2)27-47-50(43,44)48-28-32-31(38-39-36)24-33(49-32)40-25-29(3)34(41)37-35(40)42;/h25,30-33H,4-24,26-28H2,1-3H3,(H,43,44)(H,37,41,42);/q;+1/p-1/t30?,31-,32+,33+;/m0./s1. The van der Waals surface area contributed by atoms with Crippen LogP contribution >= 0.6 is 7.82 Å². The van der Waals surface area contributed by atoms with Gasteiger partial charge in [-0.15, -0.1) is 0 Å². The largest absolute Gasteiger partial charge is 1.00 e. The molecule has 0 saturated carbocycles. The van der Waals surface area contributed by atoms with Crippen LogP contribution in [0.5, 0.6) is 0 Å². The number of phosphoric acid groups is 1. The van der Waals surface area contributed by atoms with Crippen molar-refractivity contribution in [1.82, 2.24) is 9.55 Å². The molecule has 1 aliphatic heterocycles. The predicted molar refractivity (Wildman–Crippen MR) is 192 cm³/mol. The molecule has 14 nitrogen and oxygen atoms in total. The summed E-state index contributed by atoms with van der Waals surface area (Å²) in [6, 6.07) is -0.814. The fourth-order valence-electron chi connectivity index (χ4n) is 5.94. The summed E-state index contributed by atoms with van der Waals surface area (Å²) in [6.45, 7) is 6.47. The normalized spacial score (nSPS) is 18.9. The van der Waals surface area contributed by atoms with E-state index >= 15 is 0 Å². The van der Waals surface area contributed by atoms with Crippen molar-refractivity contribution in [3.63, 3.8) is 0 Å². The van der Waals surface area contributed by atoms with Gasteiger partial charge in [0.1, 0.15) is 12.3 Å². The van der Waals surface area contributed by atoms with Crippen molar-refractivity contribution in [2.75, 3.05) is 33.0 Å². The SMILES string of the molecule is CCCCCCCCCCCOCC(COP(=O)([O-])OC[C@H]1O[C@@H](n2cc(C)c(=O)[nH]c2=O)C[C@@H]1N=[N+]=[N-])OCCCCCCCCCCC.[Na+]. The first-order valence-electron chi connectivity index (χ1n) is 19.0. The summed E-state index contributed by atoms with van der Waals surface area (Å²) in [4.78, 5) is 41.9. The van der Waals surface area contributed by atoms with Crippen molar-refractivity contribution >= 4 is 7.82 Å². The summed E-state index contributed by atoms with van der Waals surface area (Å²) in [6.07, 6.45) is 20.5. The van der Waals surface area contributed by atoms with Crippen molar-refractivity contribution in [2.24, 2.45) is 5.11 Å². The second-order valence-corrected chi connectivity index (χ2v) is 14.8. The van der Waals surface area contributed by atoms with Gasteiger partial charge in [-0.2, -0.15) is 0 Å². The summed E-state index contributed by atoms with van der Waals surface area (Å²) in [5, 5.41) is 3.70. The molecule has 2 unspecified atom stereocenters. The quantitative estimate of drug-likeness (QED) is 0.0278. The average molecular weight is 752 g/mol. The Morgan fingerprint density at radius 2 is 1.47 bits per heavy atom. The van der Waals surface area contributed by atoms with Gasteiger partial charge in [-0.3, -0.25) is 18.9 Å². The van der Waals surface area contributed by atoms with E-state index in [1.165, 1.54) is 101 Å². The number of aromatic nitrogens is 2. The third-order valence-corrected chi connectivity index (χ3v) is 9.90. The maximum absolute atomic E-state index is 12.8. The van der Waals surface area contributed by atoms with Gasteiger partial charge in [-0.1, -0.05) is 122 Å². The molecule has 0 aromatic carbocycles. The van der Waals surface area contributed by atoms with E-state index in [1.54, 1.807) is 0 Å². The van der Waals surface area contributed by atoms with Gasteiger partial charge in [0.05, 0.1) is 32.0 Å². The molecule has 0 aliphatic carbocycles. The summed E-state index contributed by atoms with van der Waals surface area (Å²) >= 11 is 0. The van der Waals surface area contributed by atoms with Gasteiger partial charge >= 0.3 is 35.2 Å². The first-order valence-corrected chi connectivity index (χ1v) is 20.5. The van der Waals surface area contributed by atoms with Crippen LogP contribution in [0.25, 0.3) is 10.4 Å². The molecule has 51 heavy (non-hydrogen) atoms. The minimum atomic E-state index is -4.81. The van der Waals surface area contributed by atoms with E-state index < -0.39 is 50.2 Å². The first-order chi connectivity index (χ1) is 24.2. The third kappa shape index (κ3) is 21.5. The maximum atomic E-state index is 12.8. The zero-order valence-corrected chi connectivity index (χ0v) is 34.7.